The molecule has 1 aromatic rings. The quantitative estimate of drug-likeness (QED) is 0.800. The van der Waals surface area contributed by atoms with Crippen molar-refractivity contribution < 1.29 is 9.53 Å². The van der Waals surface area contributed by atoms with Crippen LogP contribution in [0.2, 0.25) is 0 Å². The molecule has 3 rings (SSSR count). The van der Waals surface area contributed by atoms with Crippen molar-refractivity contribution >= 4 is 6.09 Å². The number of carbonyl (C=O) groups excluding carboxylic acids is 1. The van der Waals surface area contributed by atoms with Crippen LogP contribution in [0.4, 0.5) is 4.79 Å². The zero-order valence-corrected chi connectivity index (χ0v) is 10.3. The molecule has 0 spiro atoms. The third-order valence-corrected chi connectivity index (χ3v) is 3.70. The molecule has 3 atom stereocenters. The SMILES string of the molecule is O=C(NC1CCC2NC2C1)OCc1ccccc1. The minimum atomic E-state index is -0.303. The second-order valence-electron chi connectivity index (χ2n) is 5.10. The molecular weight excluding hydrogens is 228 g/mol. The predicted octanol–water partition coefficient (Wildman–Crippen LogP) is 1.81. The van der Waals surface area contributed by atoms with E-state index < -0.39 is 0 Å². The Hall–Kier alpha value is -1.55. The summed E-state index contributed by atoms with van der Waals surface area (Å²) in [5.41, 5.74) is 1.01. The molecule has 0 bridgehead atoms. The summed E-state index contributed by atoms with van der Waals surface area (Å²) in [4.78, 5) is 11.7. The molecule has 1 heterocycles. The maximum absolute atomic E-state index is 11.7. The Morgan fingerprint density at radius 3 is 2.89 bits per heavy atom. The van der Waals surface area contributed by atoms with Crippen molar-refractivity contribution in [3.63, 3.8) is 0 Å². The van der Waals surface area contributed by atoms with E-state index in [0.717, 1.165) is 24.8 Å². The van der Waals surface area contributed by atoms with E-state index in [0.29, 0.717) is 18.7 Å². The molecule has 2 aliphatic rings. The van der Waals surface area contributed by atoms with E-state index in [1.165, 1.54) is 0 Å². The first-order chi connectivity index (χ1) is 8.81. The molecule has 3 unspecified atom stereocenters. The molecule has 1 aliphatic heterocycles. The van der Waals surface area contributed by atoms with Crippen LogP contribution in [0.15, 0.2) is 30.3 Å². The highest BCUT2D eigenvalue weighted by atomic mass is 16.5. The first kappa shape index (κ1) is 11.5. The van der Waals surface area contributed by atoms with Crippen LogP contribution in [0, 0.1) is 0 Å². The fraction of sp³-hybridized carbons (Fsp3) is 0.500. The summed E-state index contributed by atoms with van der Waals surface area (Å²) < 4.78 is 5.21. The number of nitrogens with one attached hydrogen (secondary N) is 2. The van der Waals surface area contributed by atoms with E-state index in [4.69, 9.17) is 4.74 Å². The highest BCUT2D eigenvalue weighted by Gasteiger charge is 2.41. The molecule has 2 N–H and O–H groups in total. The van der Waals surface area contributed by atoms with Gasteiger partial charge in [0.25, 0.3) is 0 Å². The fourth-order valence-corrected chi connectivity index (χ4v) is 2.60. The molecule has 4 nitrogen and oxygen atoms in total. The molecule has 1 saturated carbocycles. The van der Waals surface area contributed by atoms with Crippen LogP contribution in [-0.4, -0.2) is 24.2 Å². The maximum atomic E-state index is 11.7. The van der Waals surface area contributed by atoms with Crippen LogP contribution in [0.3, 0.4) is 0 Å². The third kappa shape index (κ3) is 2.82. The normalized spacial score (nSPS) is 29.2. The summed E-state index contributed by atoms with van der Waals surface area (Å²) in [5, 5.41) is 6.34. The Bertz CT molecular complexity index is 421. The van der Waals surface area contributed by atoms with Crippen molar-refractivity contribution in [3.8, 4) is 0 Å². The zero-order chi connectivity index (χ0) is 12.4. The maximum Gasteiger partial charge on any atom is 0.407 e. The van der Waals surface area contributed by atoms with E-state index >= 15 is 0 Å². The van der Waals surface area contributed by atoms with Crippen LogP contribution in [0.25, 0.3) is 0 Å². The summed E-state index contributed by atoms with van der Waals surface area (Å²) in [6.45, 7) is 0.337. The molecule has 1 aromatic carbocycles. The van der Waals surface area contributed by atoms with Gasteiger partial charge in [0.05, 0.1) is 0 Å². The van der Waals surface area contributed by atoms with Gasteiger partial charge in [-0.2, -0.15) is 0 Å². The summed E-state index contributed by atoms with van der Waals surface area (Å²) in [7, 11) is 0. The number of fused-ring (bicyclic) bond motifs is 1. The molecule has 1 aliphatic carbocycles. The van der Waals surface area contributed by atoms with Gasteiger partial charge in [0.1, 0.15) is 6.61 Å². The molecule has 4 heteroatoms. The lowest BCUT2D eigenvalue weighted by Crippen LogP contribution is -2.38. The Kier molecular flexibility index (Phi) is 3.19. The van der Waals surface area contributed by atoms with Crippen LogP contribution in [0.5, 0.6) is 0 Å². The van der Waals surface area contributed by atoms with Gasteiger partial charge in [-0.25, -0.2) is 4.79 Å². The number of rotatable bonds is 3. The van der Waals surface area contributed by atoms with Crippen molar-refractivity contribution in [2.75, 3.05) is 0 Å². The first-order valence-electron chi connectivity index (χ1n) is 6.54. The number of amides is 1. The Labute approximate surface area is 107 Å². The lowest BCUT2D eigenvalue weighted by atomic mass is 9.96. The van der Waals surface area contributed by atoms with Gasteiger partial charge < -0.3 is 15.4 Å². The Morgan fingerprint density at radius 2 is 2.11 bits per heavy atom. The molecular formula is C14H18N2O2. The van der Waals surface area contributed by atoms with Gasteiger partial charge in [-0.15, -0.1) is 0 Å². The van der Waals surface area contributed by atoms with Gasteiger partial charge in [0, 0.05) is 18.1 Å². The van der Waals surface area contributed by atoms with Crippen molar-refractivity contribution in [1.29, 1.82) is 0 Å². The summed E-state index contributed by atoms with van der Waals surface area (Å²) in [5.74, 6) is 0. The number of hydrogen-bond acceptors (Lipinski definition) is 3. The van der Waals surface area contributed by atoms with Crippen molar-refractivity contribution in [3.05, 3.63) is 35.9 Å². The summed E-state index contributed by atoms with van der Waals surface area (Å²) in [6, 6.07) is 11.3. The monoisotopic (exact) mass is 246 g/mol. The van der Waals surface area contributed by atoms with E-state index in [9.17, 15) is 4.79 Å². The smallest absolute Gasteiger partial charge is 0.407 e. The number of hydrogen-bond donors (Lipinski definition) is 2. The van der Waals surface area contributed by atoms with Gasteiger partial charge in [-0.1, -0.05) is 30.3 Å². The second-order valence-corrected chi connectivity index (χ2v) is 5.10. The highest BCUT2D eigenvalue weighted by molar-refractivity contribution is 5.67. The third-order valence-electron chi connectivity index (χ3n) is 3.70. The molecule has 18 heavy (non-hydrogen) atoms. The van der Waals surface area contributed by atoms with Crippen LogP contribution in [0.1, 0.15) is 24.8 Å². The fourth-order valence-electron chi connectivity index (χ4n) is 2.60. The van der Waals surface area contributed by atoms with Crippen LogP contribution in [-0.2, 0) is 11.3 Å². The molecule has 2 fully saturated rings. The van der Waals surface area contributed by atoms with Crippen molar-refractivity contribution in [2.24, 2.45) is 0 Å². The number of alkyl carbamates (subject to hydrolysis) is 1. The van der Waals surface area contributed by atoms with E-state index in [-0.39, 0.29) is 12.1 Å². The zero-order valence-electron chi connectivity index (χ0n) is 10.3. The largest absolute Gasteiger partial charge is 0.445 e. The summed E-state index contributed by atoms with van der Waals surface area (Å²) >= 11 is 0. The van der Waals surface area contributed by atoms with Gasteiger partial charge in [-0.05, 0) is 24.8 Å². The molecule has 0 radical (unpaired) electrons. The van der Waals surface area contributed by atoms with Crippen molar-refractivity contribution in [2.45, 2.75) is 44.0 Å². The summed E-state index contributed by atoms with van der Waals surface area (Å²) in [6.07, 6.45) is 2.94. The highest BCUT2D eigenvalue weighted by Crippen LogP contribution is 2.28. The van der Waals surface area contributed by atoms with Gasteiger partial charge in [0.2, 0.25) is 0 Å². The average Bonchev–Trinajstić information content (AvgIpc) is 3.16. The molecule has 1 amide bonds. The molecule has 1 saturated heterocycles. The lowest BCUT2D eigenvalue weighted by Gasteiger charge is -2.20. The number of carbonyl (C=O) groups is 1. The van der Waals surface area contributed by atoms with Crippen LogP contribution < -0.4 is 10.6 Å². The van der Waals surface area contributed by atoms with Gasteiger partial charge in [0.15, 0.2) is 0 Å². The standard InChI is InChI=1S/C14H18N2O2/c17-14(18-9-10-4-2-1-3-5-10)15-11-6-7-12-13(8-11)16-12/h1-5,11-13,16H,6-9H2,(H,15,17). The lowest BCUT2D eigenvalue weighted by molar-refractivity contribution is 0.133. The molecule has 96 valence electrons. The second kappa shape index (κ2) is 4.98. The topological polar surface area (TPSA) is 60.3 Å². The molecule has 0 aromatic heterocycles. The Balaban J connectivity index is 1.41. The number of ether oxygens (including phenoxy) is 1. The Morgan fingerprint density at radius 1 is 1.28 bits per heavy atom. The first-order valence-corrected chi connectivity index (χ1v) is 6.54. The number of benzene rings is 1. The van der Waals surface area contributed by atoms with Gasteiger partial charge >= 0.3 is 6.09 Å². The van der Waals surface area contributed by atoms with E-state index in [2.05, 4.69) is 10.6 Å². The van der Waals surface area contributed by atoms with E-state index in [1.54, 1.807) is 0 Å². The predicted molar refractivity (Wildman–Crippen MR) is 68.1 cm³/mol. The van der Waals surface area contributed by atoms with Gasteiger partial charge in [-0.3, -0.25) is 0 Å². The minimum Gasteiger partial charge on any atom is -0.445 e. The van der Waals surface area contributed by atoms with Crippen molar-refractivity contribution in [1.82, 2.24) is 10.6 Å². The van der Waals surface area contributed by atoms with Crippen LogP contribution >= 0.6 is 0 Å². The minimum absolute atomic E-state index is 0.268. The average molecular weight is 246 g/mol. The van der Waals surface area contributed by atoms with E-state index in [1.807, 2.05) is 30.3 Å².